The molecule has 0 radical (unpaired) electrons. The summed E-state index contributed by atoms with van der Waals surface area (Å²) in [5.41, 5.74) is -0.498. The summed E-state index contributed by atoms with van der Waals surface area (Å²) in [4.78, 5) is 20.2. The van der Waals surface area contributed by atoms with Crippen LogP contribution in [-0.4, -0.2) is 38.8 Å². The lowest BCUT2D eigenvalue weighted by Crippen LogP contribution is -2.27. The smallest absolute Gasteiger partial charge is 0.335 e. The molecule has 1 N–H and O–H groups in total. The van der Waals surface area contributed by atoms with Gasteiger partial charge in [-0.05, 0) is 54.1 Å². The summed E-state index contributed by atoms with van der Waals surface area (Å²) in [5.74, 6) is -6.81. The maximum atomic E-state index is 15.6. The molecule has 5 aromatic rings. The Morgan fingerprint density at radius 2 is 1.73 bits per heavy atom. The molecule has 2 aromatic heterocycles. The van der Waals surface area contributed by atoms with Crippen LogP contribution in [0.4, 0.5) is 22.0 Å². The lowest BCUT2D eigenvalue weighted by molar-refractivity contribution is 0.0697. The van der Waals surface area contributed by atoms with Crippen LogP contribution in [0.2, 0.25) is 0 Å². The number of fused-ring (bicyclic) bond motifs is 1. The highest BCUT2D eigenvalue weighted by Gasteiger charge is 2.39. The van der Waals surface area contributed by atoms with Gasteiger partial charge in [-0.25, -0.2) is 36.7 Å². The minimum absolute atomic E-state index is 0.00694. The summed E-state index contributed by atoms with van der Waals surface area (Å²) >= 11 is 0. The molecule has 1 saturated heterocycles. The second-order valence-corrected chi connectivity index (χ2v) is 11.5. The molecule has 0 saturated carbocycles. The molecule has 1 aliphatic rings. The number of carboxylic acid groups (broad SMARTS) is 1. The number of aromatic nitrogens is 3. The first-order valence-corrected chi connectivity index (χ1v) is 14.0. The fraction of sp³-hybridized carbons (Fsp3) is 0.242. The van der Waals surface area contributed by atoms with Gasteiger partial charge in [0.25, 0.3) is 5.88 Å². The van der Waals surface area contributed by atoms with Gasteiger partial charge in [0, 0.05) is 23.0 Å². The van der Waals surface area contributed by atoms with Crippen LogP contribution in [-0.2, 0) is 17.8 Å². The van der Waals surface area contributed by atoms with Crippen LogP contribution in [0.1, 0.15) is 47.2 Å². The van der Waals surface area contributed by atoms with Crippen LogP contribution >= 0.6 is 0 Å². The average Bonchev–Trinajstić information content (AvgIpc) is 3.54. The third-order valence-corrected chi connectivity index (χ3v) is 7.94. The zero-order valence-corrected chi connectivity index (χ0v) is 24.1. The van der Waals surface area contributed by atoms with Gasteiger partial charge < -0.3 is 19.1 Å². The van der Waals surface area contributed by atoms with Gasteiger partial charge in [-0.15, -0.1) is 0 Å². The molecule has 1 atom stereocenters. The van der Waals surface area contributed by atoms with Crippen molar-refractivity contribution in [3.63, 3.8) is 0 Å². The molecule has 45 heavy (non-hydrogen) atoms. The van der Waals surface area contributed by atoms with E-state index in [0.717, 1.165) is 18.2 Å². The largest absolute Gasteiger partial charge is 0.478 e. The monoisotopic (exact) mass is 623 g/mol. The van der Waals surface area contributed by atoms with E-state index >= 15 is 13.2 Å². The highest BCUT2D eigenvalue weighted by molar-refractivity contribution is 5.92. The van der Waals surface area contributed by atoms with Crippen LogP contribution < -0.4 is 4.74 Å². The molecule has 0 spiro atoms. The van der Waals surface area contributed by atoms with E-state index < -0.39 is 63.9 Å². The Hall–Kier alpha value is -4.84. The number of hydrogen-bond donors (Lipinski definition) is 1. The number of carboxylic acids is 1. The van der Waals surface area contributed by atoms with E-state index in [1.807, 2.05) is 13.8 Å². The summed E-state index contributed by atoms with van der Waals surface area (Å²) < 4.78 is 87.2. The van der Waals surface area contributed by atoms with Gasteiger partial charge in [-0.2, -0.15) is 0 Å². The molecule has 1 fully saturated rings. The lowest BCUT2D eigenvalue weighted by atomic mass is 9.87. The summed E-state index contributed by atoms with van der Waals surface area (Å²) in [6.07, 6.45) is -0.457. The number of imidazole rings is 1. The standard InChI is InChI=1S/C33H26F5N3O4/c1-33(2)16-44-15-27(33)41-26-11-18(32(42)43)5-9-25(26)39-28(41)13-20-23(36)12-21(30(38)29(20)37)24-10-8-22(35)31(40-24)45-14-17-3-6-19(34)7-4-17/h3-12,27H,13-16H2,1-2H3,(H,42,43). The minimum Gasteiger partial charge on any atom is -0.478 e. The van der Waals surface area contributed by atoms with Crippen molar-refractivity contribution in [1.82, 2.24) is 14.5 Å². The van der Waals surface area contributed by atoms with Crippen molar-refractivity contribution in [2.24, 2.45) is 5.41 Å². The molecular formula is C33H26F5N3O4. The molecule has 3 heterocycles. The maximum Gasteiger partial charge on any atom is 0.335 e. The Morgan fingerprint density at radius 3 is 2.42 bits per heavy atom. The highest BCUT2D eigenvalue weighted by Crippen LogP contribution is 2.41. The molecule has 12 heteroatoms. The second-order valence-electron chi connectivity index (χ2n) is 11.5. The van der Waals surface area contributed by atoms with Crippen LogP contribution in [0.3, 0.4) is 0 Å². The van der Waals surface area contributed by atoms with E-state index in [2.05, 4.69) is 9.97 Å². The van der Waals surface area contributed by atoms with Gasteiger partial charge in [0.15, 0.2) is 17.5 Å². The van der Waals surface area contributed by atoms with Crippen LogP contribution in [0.25, 0.3) is 22.3 Å². The van der Waals surface area contributed by atoms with Crippen LogP contribution in [0.5, 0.6) is 5.88 Å². The fourth-order valence-corrected chi connectivity index (χ4v) is 5.47. The second kappa shape index (κ2) is 11.6. The molecule has 0 aliphatic carbocycles. The van der Waals surface area contributed by atoms with E-state index in [1.54, 1.807) is 4.57 Å². The zero-order chi connectivity index (χ0) is 32.0. The number of nitrogens with zero attached hydrogens (tertiary/aromatic N) is 3. The van der Waals surface area contributed by atoms with Gasteiger partial charge in [0.1, 0.15) is 24.1 Å². The molecule has 0 amide bonds. The van der Waals surface area contributed by atoms with Gasteiger partial charge in [0.05, 0.1) is 41.5 Å². The first-order chi connectivity index (χ1) is 21.4. The fourth-order valence-electron chi connectivity index (χ4n) is 5.47. The van der Waals surface area contributed by atoms with Crippen molar-refractivity contribution in [3.05, 3.63) is 112 Å². The molecule has 1 aliphatic heterocycles. The van der Waals surface area contributed by atoms with Crippen molar-refractivity contribution in [2.45, 2.75) is 32.9 Å². The van der Waals surface area contributed by atoms with Crippen LogP contribution in [0, 0.1) is 34.5 Å². The Balaban J connectivity index is 1.37. The number of benzene rings is 3. The van der Waals surface area contributed by atoms with Crippen molar-refractivity contribution >= 4 is 17.0 Å². The number of pyridine rings is 1. The van der Waals surface area contributed by atoms with Crippen molar-refractivity contribution in [1.29, 1.82) is 0 Å². The first kappa shape index (κ1) is 30.2. The van der Waals surface area contributed by atoms with Gasteiger partial charge in [-0.3, -0.25) is 0 Å². The quantitative estimate of drug-likeness (QED) is 0.145. The predicted molar refractivity (Wildman–Crippen MR) is 153 cm³/mol. The number of carbonyl (C=O) groups is 1. The summed E-state index contributed by atoms with van der Waals surface area (Å²) in [7, 11) is 0. The van der Waals surface area contributed by atoms with Crippen molar-refractivity contribution < 1.29 is 41.3 Å². The third-order valence-electron chi connectivity index (χ3n) is 7.94. The number of hydrogen-bond acceptors (Lipinski definition) is 5. The lowest BCUT2D eigenvalue weighted by Gasteiger charge is -2.28. The molecule has 3 aromatic carbocycles. The van der Waals surface area contributed by atoms with E-state index in [1.165, 1.54) is 42.5 Å². The Kier molecular flexibility index (Phi) is 7.77. The topological polar surface area (TPSA) is 86.5 Å². The first-order valence-electron chi connectivity index (χ1n) is 14.0. The summed E-state index contributed by atoms with van der Waals surface area (Å²) in [6, 6.07) is 12.0. The number of aromatic carboxylic acids is 1. The molecule has 0 bridgehead atoms. The molecular weight excluding hydrogens is 597 g/mol. The van der Waals surface area contributed by atoms with Gasteiger partial charge in [-0.1, -0.05) is 26.0 Å². The van der Waals surface area contributed by atoms with E-state index in [0.29, 0.717) is 23.2 Å². The maximum absolute atomic E-state index is 15.6. The van der Waals surface area contributed by atoms with Crippen molar-refractivity contribution in [2.75, 3.05) is 13.2 Å². The molecule has 1 unspecified atom stereocenters. The summed E-state index contributed by atoms with van der Waals surface area (Å²) in [5, 5.41) is 9.55. The normalized spacial score (nSPS) is 15.9. The van der Waals surface area contributed by atoms with E-state index in [-0.39, 0.29) is 36.3 Å². The average molecular weight is 624 g/mol. The van der Waals surface area contributed by atoms with E-state index in [9.17, 15) is 18.7 Å². The Bertz CT molecular complexity index is 1940. The van der Waals surface area contributed by atoms with Gasteiger partial charge >= 0.3 is 5.97 Å². The molecule has 7 nitrogen and oxygen atoms in total. The summed E-state index contributed by atoms with van der Waals surface area (Å²) in [6.45, 7) is 4.36. The van der Waals surface area contributed by atoms with Crippen LogP contribution in [0.15, 0.2) is 60.7 Å². The number of rotatable bonds is 8. The number of halogens is 5. The van der Waals surface area contributed by atoms with E-state index in [4.69, 9.17) is 9.47 Å². The third kappa shape index (κ3) is 5.73. The Morgan fingerprint density at radius 1 is 0.978 bits per heavy atom. The Labute approximate surface area is 253 Å². The predicted octanol–water partition coefficient (Wildman–Crippen LogP) is 7.26. The van der Waals surface area contributed by atoms with Gasteiger partial charge in [0.2, 0.25) is 0 Å². The minimum atomic E-state index is -1.48. The SMILES string of the molecule is CC1(C)COCC1n1c(Cc2c(F)cc(-c3ccc(F)c(OCc4ccc(F)cc4)n3)c(F)c2F)nc2ccc(C(=O)O)cc21. The highest BCUT2D eigenvalue weighted by atomic mass is 19.2. The number of ether oxygens (including phenoxy) is 2. The zero-order valence-electron chi connectivity index (χ0n) is 24.1. The molecule has 6 rings (SSSR count). The van der Waals surface area contributed by atoms with Crippen molar-refractivity contribution in [3.8, 4) is 17.1 Å². The molecule has 232 valence electrons.